The number of aromatic nitrogens is 2. The first kappa shape index (κ1) is 12.6. The predicted molar refractivity (Wildman–Crippen MR) is 73.3 cm³/mol. The molecule has 1 aromatic carbocycles. The average molecular weight is 315 g/mol. The van der Waals surface area contributed by atoms with E-state index < -0.39 is 0 Å². The third kappa shape index (κ3) is 2.70. The molecule has 0 saturated carbocycles. The lowest BCUT2D eigenvalue weighted by Gasteiger charge is -2.16. The van der Waals surface area contributed by atoms with Crippen molar-refractivity contribution in [2.75, 3.05) is 6.54 Å². The van der Waals surface area contributed by atoms with Gasteiger partial charge in [-0.15, -0.1) is 0 Å². The van der Waals surface area contributed by atoms with Crippen molar-refractivity contribution in [3.63, 3.8) is 0 Å². The van der Waals surface area contributed by atoms with Gasteiger partial charge in [-0.1, -0.05) is 39.7 Å². The Morgan fingerprint density at radius 3 is 2.82 bits per heavy atom. The lowest BCUT2D eigenvalue weighted by molar-refractivity contribution is 0.528. The number of benzene rings is 1. The van der Waals surface area contributed by atoms with Gasteiger partial charge in [0, 0.05) is 17.2 Å². The zero-order valence-corrected chi connectivity index (χ0v) is 11.7. The number of hydrogen-bond acceptors (Lipinski definition) is 2. The maximum atomic E-state index is 6.02. The van der Waals surface area contributed by atoms with Crippen LogP contribution in [0, 0.1) is 6.92 Å². The maximum absolute atomic E-state index is 6.02. The molecule has 5 heteroatoms. The fourth-order valence-corrected chi connectivity index (χ4v) is 2.28. The quantitative estimate of drug-likeness (QED) is 0.946. The van der Waals surface area contributed by atoms with E-state index in [0.717, 1.165) is 15.7 Å². The van der Waals surface area contributed by atoms with Gasteiger partial charge in [-0.25, -0.2) is 0 Å². The second-order valence-electron chi connectivity index (χ2n) is 3.85. The van der Waals surface area contributed by atoms with E-state index in [1.54, 1.807) is 0 Å². The third-order valence-electron chi connectivity index (χ3n) is 2.63. The van der Waals surface area contributed by atoms with Crippen molar-refractivity contribution in [3.8, 4) is 0 Å². The van der Waals surface area contributed by atoms with Crippen LogP contribution in [-0.4, -0.2) is 16.3 Å². The van der Waals surface area contributed by atoms with Crippen molar-refractivity contribution in [2.45, 2.75) is 13.0 Å². The molecule has 0 amide bonds. The Bertz CT molecular complexity index is 505. The van der Waals surface area contributed by atoms with Crippen LogP contribution < -0.4 is 5.73 Å². The summed E-state index contributed by atoms with van der Waals surface area (Å²) in [6.07, 6.45) is 1.81. The van der Waals surface area contributed by atoms with Crippen LogP contribution in [-0.2, 0) is 0 Å². The smallest absolute Gasteiger partial charge is 0.0891 e. The molecule has 1 aromatic heterocycles. The van der Waals surface area contributed by atoms with Gasteiger partial charge in [0.15, 0.2) is 0 Å². The topological polar surface area (TPSA) is 43.8 Å². The number of hydrogen-bond donors (Lipinski definition) is 1. The first-order valence-electron chi connectivity index (χ1n) is 5.28. The fraction of sp³-hybridized carbons (Fsp3) is 0.250. The summed E-state index contributed by atoms with van der Waals surface area (Å²) < 4.78 is 2.85. The minimum absolute atomic E-state index is 0.0127. The highest BCUT2D eigenvalue weighted by molar-refractivity contribution is 9.10. The standard InChI is InChI=1S/C12H13BrClN3/c1-8-11(14)7-17(16-8)12(6-15)9-3-2-4-10(13)5-9/h2-5,7,12H,6,15H2,1H3. The first-order valence-corrected chi connectivity index (χ1v) is 6.45. The molecule has 0 aliphatic carbocycles. The van der Waals surface area contributed by atoms with Crippen LogP contribution in [0.5, 0.6) is 0 Å². The van der Waals surface area contributed by atoms with Gasteiger partial charge in [0.2, 0.25) is 0 Å². The van der Waals surface area contributed by atoms with Crippen LogP contribution >= 0.6 is 27.5 Å². The van der Waals surface area contributed by atoms with Crippen molar-refractivity contribution in [1.29, 1.82) is 0 Å². The van der Waals surface area contributed by atoms with Crippen molar-refractivity contribution in [1.82, 2.24) is 9.78 Å². The summed E-state index contributed by atoms with van der Waals surface area (Å²) in [6, 6.07) is 8.06. The number of halogens is 2. The summed E-state index contributed by atoms with van der Waals surface area (Å²) in [4.78, 5) is 0. The van der Waals surface area contributed by atoms with E-state index in [1.165, 1.54) is 0 Å². The number of nitrogens with zero attached hydrogens (tertiary/aromatic N) is 2. The van der Waals surface area contributed by atoms with Gasteiger partial charge in [-0.3, -0.25) is 4.68 Å². The third-order valence-corrected chi connectivity index (χ3v) is 3.50. The monoisotopic (exact) mass is 313 g/mol. The fourth-order valence-electron chi connectivity index (χ4n) is 1.73. The molecule has 3 nitrogen and oxygen atoms in total. The second kappa shape index (κ2) is 5.21. The van der Waals surface area contributed by atoms with Crippen molar-refractivity contribution in [3.05, 3.63) is 51.2 Å². The zero-order chi connectivity index (χ0) is 12.4. The molecule has 17 heavy (non-hydrogen) atoms. The van der Waals surface area contributed by atoms with E-state index in [1.807, 2.05) is 42.1 Å². The van der Waals surface area contributed by atoms with E-state index in [-0.39, 0.29) is 6.04 Å². The van der Waals surface area contributed by atoms with E-state index >= 15 is 0 Å². The van der Waals surface area contributed by atoms with Gasteiger partial charge in [-0.05, 0) is 24.6 Å². The van der Waals surface area contributed by atoms with Crippen LogP contribution in [0.25, 0.3) is 0 Å². The van der Waals surface area contributed by atoms with Crippen LogP contribution in [0.2, 0.25) is 5.02 Å². The van der Waals surface area contributed by atoms with E-state index in [2.05, 4.69) is 21.0 Å². The van der Waals surface area contributed by atoms with Gasteiger partial charge in [-0.2, -0.15) is 5.10 Å². The van der Waals surface area contributed by atoms with Gasteiger partial charge in [0.25, 0.3) is 0 Å². The largest absolute Gasteiger partial charge is 0.328 e. The first-order chi connectivity index (χ1) is 8.11. The Morgan fingerprint density at radius 2 is 2.29 bits per heavy atom. The Labute approximate surface area is 114 Å². The van der Waals surface area contributed by atoms with Crippen LogP contribution in [0.1, 0.15) is 17.3 Å². The minimum Gasteiger partial charge on any atom is -0.328 e. The van der Waals surface area contributed by atoms with Gasteiger partial charge in [0.1, 0.15) is 0 Å². The van der Waals surface area contributed by atoms with Crippen molar-refractivity contribution < 1.29 is 0 Å². The number of aryl methyl sites for hydroxylation is 1. The molecule has 1 unspecified atom stereocenters. The number of rotatable bonds is 3. The highest BCUT2D eigenvalue weighted by Gasteiger charge is 2.14. The molecule has 90 valence electrons. The number of nitrogens with two attached hydrogens (primary N) is 1. The summed E-state index contributed by atoms with van der Waals surface area (Å²) in [6.45, 7) is 2.36. The predicted octanol–water partition coefficient (Wildman–Crippen LogP) is 3.16. The zero-order valence-electron chi connectivity index (χ0n) is 9.40. The summed E-state index contributed by atoms with van der Waals surface area (Å²) in [5.74, 6) is 0. The molecule has 2 rings (SSSR count). The van der Waals surface area contributed by atoms with Crippen molar-refractivity contribution in [2.24, 2.45) is 5.73 Å². The molecule has 0 spiro atoms. The maximum Gasteiger partial charge on any atom is 0.0891 e. The SMILES string of the molecule is Cc1nn(C(CN)c2cccc(Br)c2)cc1Cl. The molecule has 1 atom stereocenters. The summed E-state index contributed by atoms with van der Waals surface area (Å²) in [7, 11) is 0. The Kier molecular flexibility index (Phi) is 3.86. The highest BCUT2D eigenvalue weighted by Crippen LogP contribution is 2.23. The highest BCUT2D eigenvalue weighted by atomic mass is 79.9. The normalized spacial score (nSPS) is 12.7. The van der Waals surface area contributed by atoms with E-state index in [0.29, 0.717) is 11.6 Å². The van der Waals surface area contributed by atoms with Crippen LogP contribution in [0.4, 0.5) is 0 Å². The van der Waals surface area contributed by atoms with Crippen LogP contribution in [0.15, 0.2) is 34.9 Å². The van der Waals surface area contributed by atoms with Gasteiger partial charge in [0.05, 0.1) is 16.8 Å². The van der Waals surface area contributed by atoms with Crippen LogP contribution in [0.3, 0.4) is 0 Å². The minimum atomic E-state index is 0.0127. The van der Waals surface area contributed by atoms with Gasteiger partial charge >= 0.3 is 0 Å². The summed E-state index contributed by atoms with van der Waals surface area (Å²) in [5, 5.41) is 5.04. The molecule has 0 bridgehead atoms. The molecule has 0 saturated heterocycles. The Balaban J connectivity index is 2.39. The second-order valence-corrected chi connectivity index (χ2v) is 5.17. The molecule has 2 N–H and O–H groups in total. The van der Waals surface area contributed by atoms with E-state index in [4.69, 9.17) is 17.3 Å². The molecule has 0 aliphatic heterocycles. The molecule has 0 fully saturated rings. The average Bonchev–Trinajstić information content (AvgIpc) is 2.60. The summed E-state index contributed by atoms with van der Waals surface area (Å²) in [5.41, 5.74) is 7.76. The molecular weight excluding hydrogens is 302 g/mol. The Hall–Kier alpha value is -0.840. The summed E-state index contributed by atoms with van der Waals surface area (Å²) >= 11 is 9.47. The lowest BCUT2D eigenvalue weighted by Crippen LogP contribution is -2.21. The van der Waals surface area contributed by atoms with Gasteiger partial charge < -0.3 is 5.73 Å². The van der Waals surface area contributed by atoms with E-state index in [9.17, 15) is 0 Å². The Morgan fingerprint density at radius 1 is 1.53 bits per heavy atom. The molecule has 0 aliphatic rings. The molecule has 1 heterocycles. The molecule has 2 aromatic rings. The lowest BCUT2D eigenvalue weighted by atomic mass is 10.1. The molecular formula is C12H13BrClN3. The molecule has 0 radical (unpaired) electrons. The van der Waals surface area contributed by atoms with Crippen molar-refractivity contribution >= 4 is 27.5 Å².